The van der Waals surface area contributed by atoms with Gasteiger partial charge in [-0.1, -0.05) is 26.6 Å². The predicted molar refractivity (Wildman–Crippen MR) is 50.1 cm³/mol. The fourth-order valence-electron chi connectivity index (χ4n) is 1.04. The zero-order valence-electron chi connectivity index (χ0n) is 6.72. The molecule has 0 saturated heterocycles. The minimum atomic E-state index is 0.832. The Bertz CT molecular complexity index is 61.9. The molecule has 2 heteroatoms. The first kappa shape index (κ1) is 9.41. The first-order chi connectivity index (χ1) is 4.26. The topological polar surface area (TPSA) is 0 Å². The van der Waals surface area contributed by atoms with Gasteiger partial charge in [-0.3, -0.25) is 0 Å². The van der Waals surface area contributed by atoms with Crippen LogP contribution in [0.1, 0.15) is 20.3 Å². The Kier molecular flexibility index (Phi) is 5.46. The number of thiol groups is 1. The van der Waals surface area contributed by atoms with E-state index in [1.54, 1.807) is 0 Å². The zero-order valence-corrected chi connectivity index (χ0v) is 7.62. The van der Waals surface area contributed by atoms with Gasteiger partial charge in [0.05, 0.1) is 0 Å². The molecule has 0 aliphatic carbocycles. The van der Waals surface area contributed by atoms with Crippen LogP contribution in [0.4, 0.5) is 0 Å². The summed E-state index contributed by atoms with van der Waals surface area (Å²) in [5.74, 6) is 2.73. The third kappa shape index (κ3) is 3.19. The molecule has 0 aliphatic heterocycles. The van der Waals surface area contributed by atoms with Crippen LogP contribution < -0.4 is 0 Å². The molecule has 0 aromatic carbocycles. The Balaban J connectivity index is 3.50. The van der Waals surface area contributed by atoms with Crippen LogP contribution in [0.5, 0.6) is 0 Å². The van der Waals surface area contributed by atoms with E-state index in [2.05, 4.69) is 34.3 Å². The molecule has 0 nitrogen and oxygen atoms in total. The summed E-state index contributed by atoms with van der Waals surface area (Å²) in [5.41, 5.74) is 0. The molecule has 0 heterocycles. The first-order valence-electron chi connectivity index (χ1n) is 3.87. The van der Waals surface area contributed by atoms with Gasteiger partial charge in [-0.15, -0.1) is 0 Å². The highest BCUT2D eigenvalue weighted by molar-refractivity contribution is 7.80. The highest BCUT2D eigenvalue weighted by Crippen LogP contribution is 2.18. The summed E-state index contributed by atoms with van der Waals surface area (Å²) in [6, 6.07) is 0. The second kappa shape index (κ2) is 5.22. The maximum absolute atomic E-state index is 4.29. The number of hydrogen-bond donors (Lipinski definition) is 1. The van der Waals surface area contributed by atoms with E-state index in [4.69, 9.17) is 0 Å². The summed E-state index contributed by atoms with van der Waals surface area (Å²) in [4.78, 5) is 0. The summed E-state index contributed by atoms with van der Waals surface area (Å²) in [6.07, 6.45) is 2.57. The van der Waals surface area contributed by atoms with Crippen molar-refractivity contribution in [3.05, 3.63) is 0 Å². The molecule has 0 N–H and O–H groups in total. The Hall–Kier alpha value is 0.415. The summed E-state index contributed by atoms with van der Waals surface area (Å²) >= 11 is 4.29. The van der Waals surface area contributed by atoms with Gasteiger partial charge in [-0.2, -0.15) is 12.6 Å². The second-order valence-corrected chi connectivity index (χ2v) is 3.10. The van der Waals surface area contributed by atoms with Crippen molar-refractivity contribution in [2.75, 3.05) is 5.75 Å². The van der Waals surface area contributed by atoms with Crippen molar-refractivity contribution in [3.63, 3.8) is 0 Å². The van der Waals surface area contributed by atoms with E-state index in [0.717, 1.165) is 17.6 Å². The molecule has 0 aliphatic rings. The molecular weight excluding hydrogens is 127 g/mol. The maximum atomic E-state index is 4.29. The molecule has 0 spiro atoms. The molecule has 0 saturated carbocycles. The number of hydrogen-bond acceptors (Lipinski definition) is 1. The van der Waals surface area contributed by atoms with Crippen molar-refractivity contribution in [2.45, 2.75) is 26.6 Å². The Morgan fingerprint density at radius 2 is 2.11 bits per heavy atom. The lowest BCUT2D eigenvalue weighted by Gasteiger charge is -2.18. The quantitative estimate of drug-likeness (QED) is 0.450. The Morgan fingerprint density at radius 1 is 1.56 bits per heavy atom. The molecule has 0 amide bonds. The van der Waals surface area contributed by atoms with Crippen molar-refractivity contribution in [1.29, 1.82) is 0 Å². The molecule has 0 rings (SSSR count). The highest BCUT2D eigenvalue weighted by atomic mass is 32.1. The van der Waals surface area contributed by atoms with Gasteiger partial charge in [-0.25, -0.2) is 0 Å². The molecule has 0 aromatic rings. The molecule has 9 heavy (non-hydrogen) atoms. The van der Waals surface area contributed by atoms with E-state index >= 15 is 0 Å². The standard InChI is InChI=1S/C7H17BS/c1-3-7(5-9)6(2)4-8/h6-7,9H,3-5,8H2,1-2H3. The van der Waals surface area contributed by atoms with Crippen LogP contribution in [0, 0.1) is 11.8 Å². The minimum Gasteiger partial charge on any atom is -0.179 e. The van der Waals surface area contributed by atoms with Gasteiger partial charge in [0.25, 0.3) is 0 Å². The van der Waals surface area contributed by atoms with Crippen molar-refractivity contribution in [2.24, 2.45) is 11.8 Å². The Labute approximate surface area is 65.2 Å². The lowest BCUT2D eigenvalue weighted by Crippen LogP contribution is -2.11. The fraction of sp³-hybridized carbons (Fsp3) is 1.00. The van der Waals surface area contributed by atoms with E-state index in [-0.39, 0.29) is 0 Å². The van der Waals surface area contributed by atoms with E-state index in [1.807, 2.05) is 0 Å². The molecule has 54 valence electrons. The molecule has 2 unspecified atom stereocenters. The van der Waals surface area contributed by atoms with Gasteiger partial charge < -0.3 is 0 Å². The van der Waals surface area contributed by atoms with Crippen LogP contribution in [0.3, 0.4) is 0 Å². The lowest BCUT2D eigenvalue weighted by atomic mass is 9.83. The average Bonchev–Trinajstić information content (AvgIpc) is 1.90. The SMILES string of the molecule is BCC(C)C(CC)CS. The van der Waals surface area contributed by atoms with Gasteiger partial charge in [0, 0.05) is 0 Å². The van der Waals surface area contributed by atoms with Crippen LogP contribution in [0.25, 0.3) is 0 Å². The Morgan fingerprint density at radius 3 is 2.22 bits per heavy atom. The van der Waals surface area contributed by atoms with Crippen molar-refractivity contribution in [3.8, 4) is 0 Å². The lowest BCUT2D eigenvalue weighted by molar-refractivity contribution is 0.416. The molecule has 0 aromatic heterocycles. The van der Waals surface area contributed by atoms with Gasteiger partial charge in [0.1, 0.15) is 7.85 Å². The molecule has 0 radical (unpaired) electrons. The van der Waals surface area contributed by atoms with Crippen molar-refractivity contribution in [1.82, 2.24) is 0 Å². The normalized spacial score (nSPS) is 17.2. The van der Waals surface area contributed by atoms with Crippen LogP contribution >= 0.6 is 12.6 Å². The average molecular weight is 144 g/mol. The molecule has 0 bridgehead atoms. The van der Waals surface area contributed by atoms with E-state index in [0.29, 0.717) is 0 Å². The summed E-state index contributed by atoms with van der Waals surface area (Å²) in [5, 5.41) is 0. The highest BCUT2D eigenvalue weighted by Gasteiger charge is 2.10. The number of rotatable bonds is 4. The third-order valence-electron chi connectivity index (χ3n) is 2.21. The van der Waals surface area contributed by atoms with Crippen LogP contribution in [-0.4, -0.2) is 13.6 Å². The van der Waals surface area contributed by atoms with E-state index < -0.39 is 0 Å². The molecular formula is C7H17BS. The van der Waals surface area contributed by atoms with Gasteiger partial charge in [0.2, 0.25) is 0 Å². The fourth-order valence-corrected chi connectivity index (χ4v) is 1.66. The monoisotopic (exact) mass is 144 g/mol. The van der Waals surface area contributed by atoms with Gasteiger partial charge >= 0.3 is 0 Å². The maximum Gasteiger partial charge on any atom is 0.101 e. The molecule has 2 atom stereocenters. The van der Waals surface area contributed by atoms with Crippen LogP contribution in [0.2, 0.25) is 6.32 Å². The van der Waals surface area contributed by atoms with E-state index in [1.165, 1.54) is 12.7 Å². The summed E-state index contributed by atoms with van der Waals surface area (Å²) in [7, 11) is 2.25. The van der Waals surface area contributed by atoms with Gasteiger partial charge in [-0.05, 0) is 17.6 Å². The summed E-state index contributed by atoms with van der Waals surface area (Å²) in [6.45, 7) is 4.55. The largest absolute Gasteiger partial charge is 0.179 e. The predicted octanol–water partition coefficient (Wildman–Crippen LogP) is 1.63. The smallest absolute Gasteiger partial charge is 0.101 e. The second-order valence-electron chi connectivity index (χ2n) is 2.74. The van der Waals surface area contributed by atoms with E-state index in [9.17, 15) is 0 Å². The van der Waals surface area contributed by atoms with Gasteiger partial charge in [0.15, 0.2) is 0 Å². The zero-order chi connectivity index (χ0) is 7.28. The van der Waals surface area contributed by atoms with Crippen molar-refractivity contribution >= 4 is 20.5 Å². The van der Waals surface area contributed by atoms with Crippen molar-refractivity contribution < 1.29 is 0 Å². The molecule has 0 fully saturated rings. The first-order valence-corrected chi connectivity index (χ1v) is 4.50. The van der Waals surface area contributed by atoms with Crippen LogP contribution in [0.15, 0.2) is 0 Å². The summed E-state index contributed by atoms with van der Waals surface area (Å²) < 4.78 is 0. The minimum absolute atomic E-state index is 0.832. The van der Waals surface area contributed by atoms with Crippen LogP contribution in [-0.2, 0) is 0 Å². The third-order valence-corrected chi connectivity index (χ3v) is 2.68.